The molecule has 0 rings (SSSR count). The fourth-order valence-electron chi connectivity index (χ4n) is 1.80. The molecule has 0 fully saturated rings. The van der Waals surface area contributed by atoms with Gasteiger partial charge in [-0.15, -0.1) is 0 Å². The molecule has 0 bridgehead atoms. The first-order chi connectivity index (χ1) is 7.67. The second kappa shape index (κ2) is 10.1. The van der Waals surface area contributed by atoms with Crippen molar-refractivity contribution in [2.24, 2.45) is 5.92 Å². The lowest BCUT2D eigenvalue weighted by atomic mass is 10.1. The number of hydrogen-bond acceptors (Lipinski definition) is 2. The minimum Gasteiger partial charge on any atom is -0.353 e. The van der Waals surface area contributed by atoms with Crippen molar-refractivity contribution >= 4 is 0 Å². The van der Waals surface area contributed by atoms with Crippen LogP contribution in [0.3, 0.4) is 0 Å². The van der Waals surface area contributed by atoms with Gasteiger partial charge >= 0.3 is 0 Å². The lowest BCUT2D eigenvalue weighted by Gasteiger charge is -2.23. The van der Waals surface area contributed by atoms with Crippen molar-refractivity contribution < 1.29 is 9.47 Å². The number of ether oxygens (including phenoxy) is 2. The van der Waals surface area contributed by atoms with Crippen LogP contribution in [0.2, 0.25) is 0 Å². The van der Waals surface area contributed by atoms with Crippen molar-refractivity contribution in [3.8, 4) is 0 Å². The van der Waals surface area contributed by atoms with Crippen LogP contribution in [0.1, 0.15) is 66.7 Å². The van der Waals surface area contributed by atoms with Gasteiger partial charge in [-0.1, -0.05) is 47.0 Å². The number of hydrogen-bond donors (Lipinski definition) is 0. The average Bonchev–Trinajstić information content (AvgIpc) is 2.29. The molecule has 2 heteroatoms. The van der Waals surface area contributed by atoms with Crippen LogP contribution in [0.4, 0.5) is 0 Å². The number of rotatable bonds is 10. The zero-order chi connectivity index (χ0) is 12.4. The third-order valence-electron chi connectivity index (χ3n) is 3.17. The fraction of sp³-hybridized carbons (Fsp3) is 1.00. The molecular formula is C14H30O2. The Morgan fingerprint density at radius 1 is 0.938 bits per heavy atom. The van der Waals surface area contributed by atoms with Crippen LogP contribution in [0, 0.1) is 5.92 Å². The Balaban J connectivity index is 3.74. The molecule has 0 N–H and O–H groups in total. The summed E-state index contributed by atoms with van der Waals surface area (Å²) in [6, 6.07) is 0. The first-order valence-corrected chi connectivity index (χ1v) is 6.94. The second-order valence-corrected chi connectivity index (χ2v) is 4.54. The largest absolute Gasteiger partial charge is 0.353 e. The molecule has 0 aliphatic carbocycles. The van der Waals surface area contributed by atoms with Crippen LogP contribution in [0.5, 0.6) is 0 Å². The summed E-state index contributed by atoms with van der Waals surface area (Å²) in [5.41, 5.74) is 0. The van der Waals surface area contributed by atoms with Crippen molar-refractivity contribution in [3.05, 3.63) is 0 Å². The molecule has 2 atom stereocenters. The topological polar surface area (TPSA) is 18.5 Å². The fourth-order valence-corrected chi connectivity index (χ4v) is 1.80. The van der Waals surface area contributed by atoms with E-state index in [1.54, 1.807) is 0 Å². The molecular weight excluding hydrogens is 200 g/mol. The molecule has 0 aromatic rings. The highest BCUT2D eigenvalue weighted by atomic mass is 16.7. The standard InChI is InChI=1S/C14H30O2/c1-6-10-14(9-4)16-12(5)15-11-13(7-2)8-3/h12-14H,6-11H2,1-5H3. The van der Waals surface area contributed by atoms with Gasteiger partial charge in [0.25, 0.3) is 0 Å². The van der Waals surface area contributed by atoms with Crippen LogP contribution >= 0.6 is 0 Å². The predicted octanol–water partition coefficient (Wildman–Crippen LogP) is 4.38. The summed E-state index contributed by atoms with van der Waals surface area (Å²) in [5.74, 6) is 0.678. The van der Waals surface area contributed by atoms with Crippen LogP contribution in [-0.2, 0) is 9.47 Å². The molecule has 0 saturated carbocycles. The Kier molecular flexibility index (Phi) is 10.0. The summed E-state index contributed by atoms with van der Waals surface area (Å²) in [7, 11) is 0. The molecule has 16 heavy (non-hydrogen) atoms. The third-order valence-corrected chi connectivity index (χ3v) is 3.17. The monoisotopic (exact) mass is 230 g/mol. The molecule has 0 aliphatic rings. The van der Waals surface area contributed by atoms with Gasteiger partial charge in [-0.25, -0.2) is 0 Å². The van der Waals surface area contributed by atoms with Crippen molar-refractivity contribution in [2.45, 2.75) is 79.1 Å². The first kappa shape index (κ1) is 15.9. The van der Waals surface area contributed by atoms with Crippen molar-refractivity contribution in [1.82, 2.24) is 0 Å². The maximum atomic E-state index is 5.86. The van der Waals surface area contributed by atoms with Gasteiger partial charge in [-0.05, 0) is 25.7 Å². The predicted molar refractivity (Wildman–Crippen MR) is 69.6 cm³/mol. The third kappa shape index (κ3) is 7.24. The van der Waals surface area contributed by atoms with E-state index in [4.69, 9.17) is 9.47 Å². The second-order valence-electron chi connectivity index (χ2n) is 4.54. The summed E-state index contributed by atoms with van der Waals surface area (Å²) in [6.07, 6.45) is 6.07. The highest BCUT2D eigenvalue weighted by Gasteiger charge is 2.12. The van der Waals surface area contributed by atoms with Crippen LogP contribution in [0.25, 0.3) is 0 Å². The smallest absolute Gasteiger partial charge is 0.155 e. The molecule has 0 heterocycles. The van der Waals surface area contributed by atoms with E-state index < -0.39 is 0 Å². The molecule has 0 aromatic heterocycles. The lowest BCUT2D eigenvalue weighted by Crippen LogP contribution is -2.24. The van der Waals surface area contributed by atoms with Crippen molar-refractivity contribution in [2.75, 3.05) is 6.61 Å². The molecule has 0 radical (unpaired) electrons. The van der Waals surface area contributed by atoms with Crippen LogP contribution in [-0.4, -0.2) is 19.0 Å². The van der Waals surface area contributed by atoms with Gasteiger partial charge in [0.2, 0.25) is 0 Å². The molecule has 0 saturated heterocycles. The quantitative estimate of drug-likeness (QED) is 0.518. The molecule has 0 spiro atoms. The summed E-state index contributed by atoms with van der Waals surface area (Å²) in [5, 5.41) is 0. The van der Waals surface area contributed by atoms with E-state index in [0.717, 1.165) is 19.4 Å². The SMILES string of the molecule is CCCC(CC)OC(C)OCC(CC)CC. The van der Waals surface area contributed by atoms with Gasteiger partial charge in [0.15, 0.2) is 6.29 Å². The van der Waals surface area contributed by atoms with E-state index in [1.807, 2.05) is 6.92 Å². The van der Waals surface area contributed by atoms with E-state index in [9.17, 15) is 0 Å². The van der Waals surface area contributed by atoms with E-state index >= 15 is 0 Å². The molecule has 0 aromatic carbocycles. The van der Waals surface area contributed by atoms with E-state index in [0.29, 0.717) is 12.0 Å². The Bertz CT molecular complexity index is 144. The summed E-state index contributed by atoms with van der Waals surface area (Å²) < 4.78 is 11.6. The van der Waals surface area contributed by atoms with Gasteiger partial charge < -0.3 is 9.47 Å². The van der Waals surface area contributed by atoms with Gasteiger partial charge in [0, 0.05) is 0 Å². The summed E-state index contributed by atoms with van der Waals surface area (Å²) in [4.78, 5) is 0. The maximum Gasteiger partial charge on any atom is 0.155 e. The van der Waals surface area contributed by atoms with Crippen molar-refractivity contribution in [3.63, 3.8) is 0 Å². The van der Waals surface area contributed by atoms with Gasteiger partial charge in [-0.2, -0.15) is 0 Å². The summed E-state index contributed by atoms with van der Waals surface area (Å²) in [6.45, 7) is 11.6. The minimum absolute atomic E-state index is 0.0582. The summed E-state index contributed by atoms with van der Waals surface area (Å²) >= 11 is 0. The highest BCUT2D eigenvalue weighted by molar-refractivity contribution is 4.56. The first-order valence-electron chi connectivity index (χ1n) is 6.94. The Hall–Kier alpha value is -0.0800. The molecule has 2 nitrogen and oxygen atoms in total. The van der Waals surface area contributed by atoms with Gasteiger partial charge in [0.1, 0.15) is 0 Å². The zero-order valence-electron chi connectivity index (χ0n) is 11.8. The molecule has 0 aliphatic heterocycles. The van der Waals surface area contributed by atoms with Crippen LogP contribution < -0.4 is 0 Å². The Morgan fingerprint density at radius 3 is 2.00 bits per heavy atom. The van der Waals surface area contributed by atoms with Crippen molar-refractivity contribution in [1.29, 1.82) is 0 Å². The molecule has 2 unspecified atom stereocenters. The lowest BCUT2D eigenvalue weighted by molar-refractivity contribution is -0.168. The van der Waals surface area contributed by atoms with E-state index in [1.165, 1.54) is 19.3 Å². The Morgan fingerprint density at radius 2 is 1.56 bits per heavy atom. The van der Waals surface area contributed by atoms with E-state index in [-0.39, 0.29) is 6.29 Å². The van der Waals surface area contributed by atoms with Crippen LogP contribution in [0.15, 0.2) is 0 Å². The van der Waals surface area contributed by atoms with E-state index in [2.05, 4.69) is 27.7 Å². The van der Waals surface area contributed by atoms with Gasteiger partial charge in [-0.3, -0.25) is 0 Å². The maximum absolute atomic E-state index is 5.86. The minimum atomic E-state index is -0.0582. The van der Waals surface area contributed by atoms with Gasteiger partial charge in [0.05, 0.1) is 12.7 Å². The molecule has 0 amide bonds. The normalized spacial score (nSPS) is 15.4. The molecule has 98 valence electrons. The average molecular weight is 230 g/mol. The Labute approximate surface area is 102 Å². The zero-order valence-corrected chi connectivity index (χ0v) is 11.8. The highest BCUT2D eigenvalue weighted by Crippen LogP contribution is 2.13.